The summed E-state index contributed by atoms with van der Waals surface area (Å²) in [4.78, 5) is 26.2. The van der Waals surface area contributed by atoms with Gasteiger partial charge in [0.1, 0.15) is 10.6 Å². The Morgan fingerprint density at radius 2 is 1.97 bits per heavy atom. The van der Waals surface area contributed by atoms with Gasteiger partial charge in [0.15, 0.2) is 5.76 Å². The minimum atomic E-state index is -0.466. The quantitative estimate of drug-likeness (QED) is 0.198. The fourth-order valence-electron chi connectivity index (χ4n) is 3.78. The number of ether oxygens (including phenoxy) is 1. The topological polar surface area (TPSA) is 85.8 Å². The zero-order valence-corrected chi connectivity index (χ0v) is 21.1. The van der Waals surface area contributed by atoms with E-state index in [2.05, 4.69) is 10.5 Å². The highest BCUT2D eigenvalue weighted by Gasteiger charge is 2.24. The molecule has 4 rings (SSSR count). The van der Waals surface area contributed by atoms with Crippen molar-refractivity contribution in [2.45, 2.75) is 34.6 Å². The van der Waals surface area contributed by atoms with Crippen LogP contribution >= 0.6 is 22.9 Å². The molecule has 1 amide bonds. The molecule has 1 aromatic carbocycles. The molecule has 0 bridgehead atoms. The third kappa shape index (κ3) is 4.38. The molecule has 0 fully saturated rings. The molecule has 7 nitrogen and oxygen atoms in total. The van der Waals surface area contributed by atoms with Crippen molar-refractivity contribution < 1.29 is 18.7 Å². The van der Waals surface area contributed by atoms with Crippen molar-refractivity contribution >= 4 is 52.0 Å². The number of esters is 1. The van der Waals surface area contributed by atoms with Gasteiger partial charge >= 0.3 is 11.9 Å². The highest BCUT2D eigenvalue weighted by Crippen LogP contribution is 2.34. The molecule has 0 aliphatic rings. The smallest absolute Gasteiger partial charge is 0.341 e. The van der Waals surface area contributed by atoms with Crippen molar-refractivity contribution in [1.82, 2.24) is 9.99 Å². The van der Waals surface area contributed by atoms with Gasteiger partial charge in [-0.05, 0) is 70.5 Å². The molecule has 0 radical (unpaired) electrons. The van der Waals surface area contributed by atoms with Crippen LogP contribution in [-0.4, -0.2) is 29.3 Å². The van der Waals surface area contributed by atoms with Gasteiger partial charge in [-0.2, -0.15) is 5.10 Å². The van der Waals surface area contributed by atoms with E-state index in [4.69, 9.17) is 20.8 Å². The van der Waals surface area contributed by atoms with Gasteiger partial charge in [-0.15, -0.1) is 11.3 Å². The third-order valence-corrected chi connectivity index (χ3v) is 7.02. The van der Waals surface area contributed by atoms with E-state index in [1.165, 1.54) is 0 Å². The van der Waals surface area contributed by atoms with Gasteiger partial charge in [-0.3, -0.25) is 4.79 Å². The summed E-state index contributed by atoms with van der Waals surface area (Å²) in [6, 6.07) is 8.72. The fraction of sp³-hybridized carbons (Fsp3) is 0.240. The molecule has 0 aliphatic carbocycles. The van der Waals surface area contributed by atoms with Crippen LogP contribution in [0.25, 0.3) is 16.0 Å². The Labute approximate surface area is 206 Å². The summed E-state index contributed by atoms with van der Waals surface area (Å²) in [5, 5.41) is 6.23. The predicted molar refractivity (Wildman–Crippen MR) is 135 cm³/mol. The second-order valence-corrected chi connectivity index (χ2v) is 9.48. The molecule has 176 valence electrons. The summed E-state index contributed by atoms with van der Waals surface area (Å²) in [6.07, 6.45) is 1.58. The van der Waals surface area contributed by atoms with Crippen molar-refractivity contribution in [3.63, 3.8) is 0 Å². The Kier molecular flexibility index (Phi) is 6.63. The van der Waals surface area contributed by atoms with E-state index in [0.29, 0.717) is 22.8 Å². The van der Waals surface area contributed by atoms with Gasteiger partial charge in [0.05, 0.1) is 18.4 Å². The maximum atomic E-state index is 12.6. The van der Waals surface area contributed by atoms with E-state index in [9.17, 15) is 9.59 Å². The molecule has 0 unspecified atom stereocenters. The molecular formula is C25H24ClN3O4S. The number of nitrogens with zero attached hydrogens (tertiary/aromatic N) is 2. The monoisotopic (exact) mass is 497 g/mol. The van der Waals surface area contributed by atoms with Crippen LogP contribution in [0.15, 0.2) is 39.9 Å². The number of fused-ring (bicyclic) bond motifs is 1. The number of carbonyl (C=O) groups excluding carboxylic acids is 2. The van der Waals surface area contributed by atoms with Crippen molar-refractivity contribution in [3.8, 4) is 5.00 Å². The number of aromatic nitrogens is 1. The Bertz CT molecular complexity index is 1440. The van der Waals surface area contributed by atoms with Crippen molar-refractivity contribution in [3.05, 3.63) is 74.1 Å². The first-order valence-electron chi connectivity index (χ1n) is 10.7. The minimum absolute atomic E-state index is 0.142. The SMILES string of the molecule is CCOC(=O)c1c(-n2c(C)cc(/C=N/NC(=O)c3cc4cc(Cl)ccc4o3)c2C)sc(C)c1C. The van der Waals surface area contributed by atoms with Crippen LogP contribution in [0.3, 0.4) is 0 Å². The lowest BCUT2D eigenvalue weighted by atomic mass is 10.1. The van der Waals surface area contributed by atoms with Gasteiger partial charge < -0.3 is 13.7 Å². The zero-order valence-electron chi connectivity index (χ0n) is 19.5. The van der Waals surface area contributed by atoms with Gasteiger partial charge in [0, 0.05) is 32.2 Å². The molecule has 0 atom stereocenters. The predicted octanol–water partition coefficient (Wildman–Crippen LogP) is 6.11. The van der Waals surface area contributed by atoms with Crippen molar-refractivity contribution in [2.75, 3.05) is 6.61 Å². The summed E-state index contributed by atoms with van der Waals surface area (Å²) < 4.78 is 12.9. The van der Waals surface area contributed by atoms with Crippen LogP contribution in [0, 0.1) is 27.7 Å². The Hall–Kier alpha value is -3.36. The molecule has 4 aromatic rings. The lowest BCUT2D eigenvalue weighted by molar-refractivity contribution is 0.0526. The van der Waals surface area contributed by atoms with Crippen molar-refractivity contribution in [2.24, 2.45) is 5.10 Å². The normalized spacial score (nSPS) is 11.5. The van der Waals surface area contributed by atoms with Gasteiger partial charge in [-0.25, -0.2) is 10.2 Å². The number of halogens is 1. The largest absolute Gasteiger partial charge is 0.462 e. The first kappa shape index (κ1) is 23.8. The number of rotatable bonds is 6. The Balaban J connectivity index is 1.59. The van der Waals surface area contributed by atoms with Crippen molar-refractivity contribution in [1.29, 1.82) is 0 Å². The summed E-state index contributed by atoms with van der Waals surface area (Å²) in [7, 11) is 0. The summed E-state index contributed by atoms with van der Waals surface area (Å²) >= 11 is 7.54. The average molecular weight is 498 g/mol. The first-order chi connectivity index (χ1) is 16.2. The van der Waals surface area contributed by atoms with E-state index >= 15 is 0 Å². The number of benzene rings is 1. The second-order valence-electron chi connectivity index (χ2n) is 7.84. The number of amides is 1. The molecule has 1 N–H and O–H groups in total. The number of hydrogen-bond donors (Lipinski definition) is 1. The van der Waals surface area contributed by atoms with E-state index in [0.717, 1.165) is 37.8 Å². The number of thiophene rings is 1. The molecule has 0 saturated heterocycles. The van der Waals surface area contributed by atoms with Crippen LogP contribution in [-0.2, 0) is 4.74 Å². The molecular weight excluding hydrogens is 474 g/mol. The number of hydrazone groups is 1. The molecule has 34 heavy (non-hydrogen) atoms. The fourth-order valence-corrected chi connectivity index (χ4v) is 5.22. The third-order valence-electron chi connectivity index (χ3n) is 5.59. The molecule has 3 aromatic heterocycles. The van der Waals surface area contributed by atoms with Crippen LogP contribution in [0.1, 0.15) is 55.2 Å². The highest BCUT2D eigenvalue weighted by molar-refractivity contribution is 7.15. The van der Waals surface area contributed by atoms with E-state index in [1.54, 1.807) is 48.7 Å². The van der Waals surface area contributed by atoms with Crippen LogP contribution in [0.4, 0.5) is 0 Å². The highest BCUT2D eigenvalue weighted by atomic mass is 35.5. The number of nitrogens with one attached hydrogen (secondary N) is 1. The maximum Gasteiger partial charge on any atom is 0.341 e. The van der Waals surface area contributed by atoms with Crippen LogP contribution < -0.4 is 5.43 Å². The standard InChI is InChI=1S/C25H24ClN3O4S/c1-6-32-25(31)22-14(3)16(5)34-24(22)29-13(2)9-18(15(29)4)12-27-28-23(30)21-11-17-10-19(26)7-8-20(17)33-21/h7-12H,6H2,1-5H3,(H,28,30)/b27-12+. The zero-order chi connectivity index (χ0) is 24.6. The molecule has 0 spiro atoms. The second kappa shape index (κ2) is 9.48. The lowest BCUT2D eigenvalue weighted by Crippen LogP contribution is -2.16. The molecule has 9 heteroatoms. The van der Waals surface area contributed by atoms with E-state index in [1.807, 2.05) is 38.3 Å². The molecule has 3 heterocycles. The van der Waals surface area contributed by atoms with Gasteiger partial charge in [-0.1, -0.05) is 11.6 Å². The van der Waals surface area contributed by atoms with Gasteiger partial charge in [0.2, 0.25) is 0 Å². The number of aryl methyl sites for hydroxylation is 2. The number of carbonyl (C=O) groups is 2. The van der Waals surface area contributed by atoms with Crippen LogP contribution in [0.5, 0.6) is 0 Å². The van der Waals surface area contributed by atoms with E-state index in [-0.39, 0.29) is 11.7 Å². The summed E-state index contributed by atoms with van der Waals surface area (Å²) in [5.74, 6) is -0.656. The summed E-state index contributed by atoms with van der Waals surface area (Å²) in [6.45, 7) is 9.93. The van der Waals surface area contributed by atoms with E-state index < -0.39 is 5.91 Å². The maximum absolute atomic E-state index is 12.6. The molecule has 0 aliphatic heterocycles. The van der Waals surface area contributed by atoms with Crippen LogP contribution in [0.2, 0.25) is 5.02 Å². The Morgan fingerprint density at radius 3 is 2.71 bits per heavy atom. The first-order valence-corrected chi connectivity index (χ1v) is 11.9. The minimum Gasteiger partial charge on any atom is -0.462 e. The number of hydrogen-bond acceptors (Lipinski definition) is 6. The summed E-state index contributed by atoms with van der Waals surface area (Å²) in [5.41, 5.74) is 7.20. The van der Waals surface area contributed by atoms with Gasteiger partial charge in [0.25, 0.3) is 0 Å². The number of furan rings is 1. The lowest BCUT2D eigenvalue weighted by Gasteiger charge is -2.10. The molecule has 0 saturated carbocycles. The Morgan fingerprint density at radius 1 is 1.21 bits per heavy atom. The average Bonchev–Trinajstić information content (AvgIpc) is 3.42.